The van der Waals surface area contributed by atoms with Gasteiger partial charge in [-0.2, -0.15) is 0 Å². The molecule has 1 aromatic rings. The average molecular weight is 230 g/mol. The van der Waals surface area contributed by atoms with Crippen molar-refractivity contribution in [3.05, 3.63) is 35.9 Å². The van der Waals surface area contributed by atoms with Gasteiger partial charge < -0.3 is 0 Å². The summed E-state index contributed by atoms with van der Waals surface area (Å²) in [6, 6.07) is 9.16. The second-order valence-corrected chi connectivity index (χ2v) is 4.46. The van der Waals surface area contributed by atoms with Crippen molar-refractivity contribution in [3.8, 4) is 0 Å². The third-order valence-electron chi connectivity index (χ3n) is 3.55. The lowest BCUT2D eigenvalue weighted by molar-refractivity contribution is 0.525. The van der Waals surface area contributed by atoms with Gasteiger partial charge in [-0.1, -0.05) is 49.5 Å². The van der Waals surface area contributed by atoms with Crippen molar-refractivity contribution in [2.45, 2.75) is 12.3 Å². The fraction of sp³-hybridized carbons (Fsp3) is 0.308. The first-order valence-electron chi connectivity index (χ1n) is 4.96. The number of rotatable bonds is 4. The Labute approximate surface area is 99.7 Å². The van der Waals surface area contributed by atoms with Gasteiger partial charge in [0.15, 0.2) is 0 Å². The fourth-order valence-corrected chi connectivity index (χ4v) is 2.74. The van der Waals surface area contributed by atoms with Crippen LogP contribution in [0.15, 0.2) is 30.3 Å². The zero-order valence-corrected chi connectivity index (χ0v) is 9.58. The minimum absolute atomic E-state index is 0.516. The van der Waals surface area contributed by atoms with Gasteiger partial charge in [-0.25, -0.2) is 0 Å². The van der Waals surface area contributed by atoms with Gasteiger partial charge in [-0.15, -0.1) is 0 Å². The Bertz CT molecular complexity index is 443. The van der Waals surface area contributed by atoms with Gasteiger partial charge in [0.05, 0.1) is 11.3 Å². The van der Waals surface area contributed by atoms with Crippen molar-refractivity contribution < 1.29 is 9.59 Å². The maximum Gasteiger partial charge on any atom is 0.211 e. The Hall–Kier alpha value is -1.35. The summed E-state index contributed by atoms with van der Waals surface area (Å²) in [5.41, 5.74) is -0.785. The molecule has 0 aliphatic heterocycles. The summed E-state index contributed by atoms with van der Waals surface area (Å²) in [5.74, 6) is -0.516. The van der Waals surface area contributed by atoms with Crippen LogP contribution in [0, 0.1) is 11.3 Å². The second-order valence-electron chi connectivity index (χ2n) is 4.23. The van der Waals surface area contributed by atoms with Crippen LogP contribution in [-0.4, -0.2) is 17.9 Å². The second kappa shape index (κ2) is 3.59. The third-order valence-corrected chi connectivity index (χ3v) is 4.04. The normalized spacial score (nSPS) is 36.4. The molecule has 2 nitrogen and oxygen atoms in total. The number of carbonyl (C=O) groups excluding carboxylic acids is 2. The van der Waals surface area contributed by atoms with E-state index >= 15 is 0 Å². The monoisotopic (exact) mass is 230 g/mol. The van der Waals surface area contributed by atoms with Gasteiger partial charge in [0.2, 0.25) is 12.6 Å². The SMILES string of the molecule is CC1(C=S)C([C]=O)C1([C]=O)c1ccccc1. The zero-order chi connectivity index (χ0) is 11.8. The van der Waals surface area contributed by atoms with Crippen molar-refractivity contribution in [3.63, 3.8) is 0 Å². The minimum Gasteiger partial charge on any atom is -0.290 e. The van der Waals surface area contributed by atoms with Crippen LogP contribution in [0.25, 0.3) is 0 Å². The molecule has 1 aliphatic carbocycles. The topological polar surface area (TPSA) is 34.1 Å². The first-order valence-corrected chi connectivity index (χ1v) is 5.43. The predicted molar refractivity (Wildman–Crippen MR) is 64.8 cm³/mol. The van der Waals surface area contributed by atoms with Gasteiger partial charge in [0.25, 0.3) is 0 Å². The molecule has 3 heteroatoms. The van der Waals surface area contributed by atoms with Crippen LogP contribution in [0.2, 0.25) is 0 Å². The smallest absolute Gasteiger partial charge is 0.211 e. The van der Waals surface area contributed by atoms with Crippen LogP contribution >= 0.6 is 12.2 Å². The number of hydrogen-bond donors (Lipinski definition) is 0. The Morgan fingerprint density at radius 1 is 1.31 bits per heavy atom. The molecule has 1 fully saturated rings. The van der Waals surface area contributed by atoms with Gasteiger partial charge in [-0.05, 0) is 10.9 Å². The zero-order valence-electron chi connectivity index (χ0n) is 8.77. The lowest BCUT2D eigenvalue weighted by Gasteiger charge is -2.12. The van der Waals surface area contributed by atoms with E-state index in [1.807, 2.05) is 42.9 Å². The Kier molecular flexibility index (Phi) is 2.50. The Morgan fingerprint density at radius 2 is 1.94 bits per heavy atom. The van der Waals surface area contributed by atoms with E-state index in [9.17, 15) is 9.59 Å². The lowest BCUT2D eigenvalue weighted by Crippen LogP contribution is -2.18. The van der Waals surface area contributed by atoms with Crippen molar-refractivity contribution in [1.82, 2.24) is 0 Å². The van der Waals surface area contributed by atoms with Crippen LogP contribution in [0.3, 0.4) is 0 Å². The molecule has 0 N–H and O–H groups in total. The highest BCUT2D eigenvalue weighted by atomic mass is 32.1. The van der Waals surface area contributed by atoms with Crippen LogP contribution in [-0.2, 0) is 15.0 Å². The van der Waals surface area contributed by atoms with E-state index in [1.165, 1.54) is 5.37 Å². The standard InChI is InChI=1S/C13H10O2S/c1-12(9-16)11(7-14)13(12,8-15)10-5-3-2-4-6-10/h2-6,9,11H,1H3. The Morgan fingerprint density at radius 3 is 2.31 bits per heavy atom. The molecule has 0 bridgehead atoms. The number of benzene rings is 1. The summed E-state index contributed by atoms with van der Waals surface area (Å²) in [7, 11) is 0. The highest BCUT2D eigenvalue weighted by Gasteiger charge is 2.75. The van der Waals surface area contributed by atoms with Gasteiger partial charge >= 0.3 is 0 Å². The molecule has 0 spiro atoms. The van der Waals surface area contributed by atoms with Crippen molar-refractivity contribution in [2.24, 2.45) is 11.3 Å². The molecule has 0 amide bonds. The molecule has 1 aromatic carbocycles. The summed E-state index contributed by atoms with van der Waals surface area (Å²) in [6.07, 6.45) is 3.91. The summed E-state index contributed by atoms with van der Waals surface area (Å²) < 4.78 is 0. The molecule has 16 heavy (non-hydrogen) atoms. The van der Waals surface area contributed by atoms with Crippen LogP contribution < -0.4 is 0 Å². The fourth-order valence-electron chi connectivity index (χ4n) is 2.42. The first kappa shape index (κ1) is 11.1. The highest BCUT2D eigenvalue weighted by Crippen LogP contribution is 2.66. The molecular weight excluding hydrogens is 220 g/mol. The van der Waals surface area contributed by atoms with Crippen LogP contribution in [0.4, 0.5) is 0 Å². The van der Waals surface area contributed by atoms with E-state index in [-0.39, 0.29) is 0 Å². The van der Waals surface area contributed by atoms with Gasteiger partial charge in [0, 0.05) is 5.41 Å². The van der Waals surface area contributed by atoms with Crippen molar-refractivity contribution >= 4 is 30.2 Å². The number of hydrogen-bond acceptors (Lipinski definition) is 3. The highest BCUT2D eigenvalue weighted by molar-refractivity contribution is 7.79. The van der Waals surface area contributed by atoms with Crippen molar-refractivity contribution in [1.29, 1.82) is 0 Å². The first-order chi connectivity index (χ1) is 7.67. The van der Waals surface area contributed by atoms with Crippen LogP contribution in [0.5, 0.6) is 0 Å². The summed E-state index contributed by atoms with van der Waals surface area (Å²) in [5, 5.41) is 1.49. The summed E-state index contributed by atoms with van der Waals surface area (Å²) >= 11 is 4.93. The van der Waals surface area contributed by atoms with Gasteiger partial charge in [0.1, 0.15) is 0 Å². The quantitative estimate of drug-likeness (QED) is 0.739. The lowest BCUT2D eigenvalue weighted by atomic mass is 9.89. The van der Waals surface area contributed by atoms with Gasteiger partial charge in [-0.3, -0.25) is 9.59 Å². The van der Waals surface area contributed by atoms with E-state index in [0.717, 1.165) is 5.56 Å². The number of thiocarbonyl (C=S) groups is 1. The minimum atomic E-state index is -0.933. The molecular formula is C13H10O2S. The third kappa shape index (κ3) is 1.09. The molecule has 1 saturated carbocycles. The maximum absolute atomic E-state index is 11.3. The average Bonchev–Trinajstić information content (AvgIpc) is 2.90. The van der Waals surface area contributed by atoms with E-state index in [4.69, 9.17) is 12.2 Å². The van der Waals surface area contributed by atoms with E-state index in [2.05, 4.69) is 0 Å². The van der Waals surface area contributed by atoms with E-state index < -0.39 is 16.7 Å². The largest absolute Gasteiger partial charge is 0.290 e. The Balaban J connectivity index is 2.56. The molecule has 3 unspecified atom stereocenters. The summed E-state index contributed by atoms with van der Waals surface area (Å²) in [6.45, 7) is 1.80. The van der Waals surface area contributed by atoms with Crippen LogP contribution in [0.1, 0.15) is 12.5 Å². The summed E-state index contributed by atoms with van der Waals surface area (Å²) in [4.78, 5) is 22.2. The van der Waals surface area contributed by atoms with E-state index in [1.54, 1.807) is 6.92 Å². The van der Waals surface area contributed by atoms with Crippen molar-refractivity contribution in [2.75, 3.05) is 0 Å². The molecule has 3 atom stereocenters. The molecule has 80 valence electrons. The molecule has 2 rings (SSSR count). The molecule has 1 aliphatic rings. The molecule has 2 radical (unpaired) electrons. The van der Waals surface area contributed by atoms with E-state index in [0.29, 0.717) is 0 Å². The molecule has 0 aromatic heterocycles. The molecule has 0 heterocycles. The molecule has 0 saturated heterocycles. The maximum atomic E-state index is 11.3. The predicted octanol–water partition coefficient (Wildman–Crippen LogP) is 1.78.